The number of hydrogen-bond donors (Lipinski definition) is 2. The van der Waals surface area contributed by atoms with E-state index in [-0.39, 0.29) is 17.0 Å². The van der Waals surface area contributed by atoms with Gasteiger partial charge in [-0.15, -0.1) is 0 Å². The van der Waals surface area contributed by atoms with E-state index in [2.05, 4.69) is 15.2 Å². The minimum atomic E-state index is -0.525. The summed E-state index contributed by atoms with van der Waals surface area (Å²) in [6.45, 7) is 0. The Morgan fingerprint density at radius 3 is 2.89 bits per heavy atom. The fraction of sp³-hybridized carbons (Fsp3) is 0. The van der Waals surface area contributed by atoms with Gasteiger partial charge in [0.2, 0.25) is 0 Å². The molecule has 2 N–H and O–H groups in total. The lowest BCUT2D eigenvalue weighted by Gasteiger charge is -1.97. The van der Waals surface area contributed by atoms with E-state index in [4.69, 9.17) is 0 Å². The van der Waals surface area contributed by atoms with Crippen LogP contribution in [0.1, 0.15) is 0 Å². The number of benzene rings is 1. The van der Waals surface area contributed by atoms with E-state index in [0.29, 0.717) is 11.2 Å². The lowest BCUT2D eigenvalue weighted by atomic mass is 10.3. The summed E-state index contributed by atoms with van der Waals surface area (Å²) in [7, 11) is 0. The quantitative estimate of drug-likeness (QED) is 0.404. The van der Waals surface area contributed by atoms with Gasteiger partial charge in [0, 0.05) is 18.3 Å². The van der Waals surface area contributed by atoms with Crippen molar-refractivity contribution in [3.63, 3.8) is 0 Å². The van der Waals surface area contributed by atoms with Gasteiger partial charge in [-0.1, -0.05) is 0 Å². The van der Waals surface area contributed by atoms with Gasteiger partial charge in [0.25, 0.3) is 5.69 Å². The summed E-state index contributed by atoms with van der Waals surface area (Å²) < 4.78 is 0.801. The maximum absolute atomic E-state index is 10.7. The molecule has 0 unspecified atom stereocenters. The fourth-order valence-electron chi connectivity index (χ4n) is 1.72. The standard InChI is InChI=1S/C10H7N5O3/c16-14-9-5-6(15(17)18)1-2-7(9)12-10(14)8-3-4-11-13-8/h1-5,16H,(H,11,13). The summed E-state index contributed by atoms with van der Waals surface area (Å²) in [5, 5.41) is 27.0. The number of hydrogen-bond acceptors (Lipinski definition) is 5. The van der Waals surface area contributed by atoms with Crippen LogP contribution in [0.2, 0.25) is 0 Å². The number of fused-ring (bicyclic) bond motifs is 1. The Balaban J connectivity index is 2.25. The Morgan fingerprint density at radius 1 is 1.39 bits per heavy atom. The smallest absolute Gasteiger partial charge is 0.271 e. The van der Waals surface area contributed by atoms with Crippen molar-refractivity contribution >= 4 is 16.7 Å². The minimum absolute atomic E-state index is 0.103. The molecule has 18 heavy (non-hydrogen) atoms. The molecule has 1 aromatic carbocycles. The van der Waals surface area contributed by atoms with Gasteiger partial charge in [-0.3, -0.25) is 15.2 Å². The molecule has 2 heterocycles. The first-order chi connectivity index (χ1) is 8.66. The zero-order chi connectivity index (χ0) is 12.7. The van der Waals surface area contributed by atoms with Crippen molar-refractivity contribution in [2.24, 2.45) is 0 Å². The highest BCUT2D eigenvalue weighted by molar-refractivity contribution is 5.81. The number of nitrogens with one attached hydrogen (secondary N) is 1. The van der Waals surface area contributed by atoms with Crippen LogP contribution in [0.25, 0.3) is 22.6 Å². The maximum Gasteiger partial charge on any atom is 0.271 e. The molecule has 0 aliphatic rings. The second-order valence-electron chi connectivity index (χ2n) is 3.65. The van der Waals surface area contributed by atoms with E-state index in [1.807, 2.05) is 0 Å². The van der Waals surface area contributed by atoms with E-state index in [9.17, 15) is 15.3 Å². The highest BCUT2D eigenvalue weighted by Gasteiger charge is 2.16. The lowest BCUT2D eigenvalue weighted by molar-refractivity contribution is -0.384. The monoisotopic (exact) mass is 245 g/mol. The van der Waals surface area contributed by atoms with Gasteiger partial charge in [-0.2, -0.15) is 9.83 Å². The number of non-ortho nitro benzene ring substituents is 1. The third-order valence-corrected chi connectivity index (χ3v) is 2.57. The average molecular weight is 245 g/mol. The molecule has 8 nitrogen and oxygen atoms in total. The van der Waals surface area contributed by atoms with Crippen LogP contribution in [0, 0.1) is 10.1 Å². The lowest BCUT2D eigenvalue weighted by Crippen LogP contribution is -1.95. The molecule has 0 amide bonds. The van der Waals surface area contributed by atoms with Crippen molar-refractivity contribution in [1.29, 1.82) is 0 Å². The van der Waals surface area contributed by atoms with Crippen LogP contribution < -0.4 is 0 Å². The third kappa shape index (κ3) is 1.39. The van der Waals surface area contributed by atoms with Gasteiger partial charge in [0.1, 0.15) is 11.2 Å². The molecule has 0 bridgehead atoms. The van der Waals surface area contributed by atoms with Gasteiger partial charge in [-0.25, -0.2) is 4.98 Å². The van der Waals surface area contributed by atoms with Crippen molar-refractivity contribution in [2.75, 3.05) is 0 Å². The predicted molar refractivity (Wildman–Crippen MR) is 61.2 cm³/mol. The second-order valence-corrected chi connectivity index (χ2v) is 3.65. The number of nitro groups is 1. The second kappa shape index (κ2) is 3.55. The Bertz CT molecular complexity index is 731. The molecule has 3 aromatic rings. The number of imidazole rings is 1. The molecule has 0 aliphatic heterocycles. The molecular weight excluding hydrogens is 238 g/mol. The topological polar surface area (TPSA) is 110 Å². The molecule has 0 fully saturated rings. The van der Waals surface area contributed by atoms with Crippen LogP contribution >= 0.6 is 0 Å². The molecular formula is C10H7N5O3. The zero-order valence-corrected chi connectivity index (χ0v) is 8.94. The first-order valence-electron chi connectivity index (χ1n) is 5.03. The number of aromatic amines is 1. The van der Waals surface area contributed by atoms with E-state index in [1.165, 1.54) is 24.4 Å². The summed E-state index contributed by atoms with van der Waals surface area (Å²) >= 11 is 0. The van der Waals surface area contributed by atoms with Crippen molar-refractivity contribution in [2.45, 2.75) is 0 Å². The average Bonchev–Trinajstić information content (AvgIpc) is 2.97. The van der Waals surface area contributed by atoms with Crippen molar-refractivity contribution in [1.82, 2.24) is 19.9 Å². The van der Waals surface area contributed by atoms with Gasteiger partial charge < -0.3 is 5.21 Å². The highest BCUT2D eigenvalue weighted by atomic mass is 16.6. The van der Waals surface area contributed by atoms with Crippen LogP contribution in [0.3, 0.4) is 0 Å². The number of aromatic nitrogens is 4. The normalized spacial score (nSPS) is 10.9. The fourth-order valence-corrected chi connectivity index (χ4v) is 1.72. The summed E-state index contributed by atoms with van der Waals surface area (Å²) in [5.41, 5.74) is 1.16. The summed E-state index contributed by atoms with van der Waals surface area (Å²) in [5.74, 6) is 0.253. The highest BCUT2D eigenvalue weighted by Crippen LogP contribution is 2.24. The Labute approximate surface area is 99.6 Å². The van der Waals surface area contributed by atoms with E-state index >= 15 is 0 Å². The van der Waals surface area contributed by atoms with E-state index in [1.54, 1.807) is 6.07 Å². The molecule has 8 heteroatoms. The number of nitrogens with zero attached hydrogens (tertiary/aromatic N) is 4. The number of H-pyrrole nitrogens is 1. The van der Waals surface area contributed by atoms with Crippen LogP contribution in [0.4, 0.5) is 5.69 Å². The number of nitro benzene ring substituents is 1. The molecule has 2 aromatic heterocycles. The van der Waals surface area contributed by atoms with Gasteiger partial charge >= 0.3 is 0 Å². The minimum Gasteiger partial charge on any atom is -0.426 e. The largest absolute Gasteiger partial charge is 0.426 e. The SMILES string of the molecule is O=[N+]([O-])c1ccc2nc(-c3ccn[nH]3)n(O)c2c1. The van der Waals surface area contributed by atoms with E-state index < -0.39 is 4.92 Å². The molecule has 90 valence electrons. The Kier molecular flexibility index (Phi) is 2.03. The third-order valence-electron chi connectivity index (χ3n) is 2.57. The van der Waals surface area contributed by atoms with Gasteiger partial charge in [-0.05, 0) is 12.1 Å². The summed E-state index contributed by atoms with van der Waals surface area (Å²) in [4.78, 5) is 14.3. The molecule has 0 atom stereocenters. The van der Waals surface area contributed by atoms with Crippen LogP contribution in [0.5, 0.6) is 0 Å². The van der Waals surface area contributed by atoms with Gasteiger partial charge in [0.15, 0.2) is 5.82 Å². The van der Waals surface area contributed by atoms with Gasteiger partial charge in [0.05, 0.1) is 10.4 Å². The van der Waals surface area contributed by atoms with Crippen molar-refractivity contribution < 1.29 is 10.1 Å². The molecule has 0 aliphatic carbocycles. The first kappa shape index (κ1) is 10.3. The predicted octanol–water partition coefficient (Wildman–Crippen LogP) is 1.57. The zero-order valence-electron chi connectivity index (χ0n) is 8.94. The number of rotatable bonds is 2. The van der Waals surface area contributed by atoms with Crippen LogP contribution in [-0.4, -0.2) is 30.0 Å². The summed E-state index contributed by atoms with van der Waals surface area (Å²) in [6.07, 6.45) is 1.52. The van der Waals surface area contributed by atoms with Crippen molar-refractivity contribution in [3.8, 4) is 11.5 Å². The molecule has 0 saturated carbocycles. The van der Waals surface area contributed by atoms with Crippen LogP contribution in [0.15, 0.2) is 30.5 Å². The molecule has 0 radical (unpaired) electrons. The van der Waals surface area contributed by atoms with E-state index in [0.717, 1.165) is 4.73 Å². The Hall–Kier alpha value is -2.90. The van der Waals surface area contributed by atoms with Crippen LogP contribution in [-0.2, 0) is 0 Å². The molecule has 0 spiro atoms. The Morgan fingerprint density at radius 2 is 2.22 bits per heavy atom. The maximum atomic E-state index is 10.7. The van der Waals surface area contributed by atoms with Crippen molar-refractivity contribution in [3.05, 3.63) is 40.6 Å². The molecule has 0 saturated heterocycles. The summed E-state index contributed by atoms with van der Waals surface area (Å²) in [6, 6.07) is 5.73. The first-order valence-corrected chi connectivity index (χ1v) is 5.03. The molecule has 3 rings (SSSR count).